The summed E-state index contributed by atoms with van der Waals surface area (Å²) >= 11 is 0. The number of aryl methyl sites for hydroxylation is 1. The lowest BCUT2D eigenvalue weighted by Gasteiger charge is -2.12. The fourth-order valence-electron chi connectivity index (χ4n) is 2.40. The number of hydrogen-bond donors (Lipinski definition) is 0. The van der Waals surface area contributed by atoms with E-state index in [-0.39, 0.29) is 0 Å². The zero-order valence-electron chi connectivity index (χ0n) is 12.1. The summed E-state index contributed by atoms with van der Waals surface area (Å²) in [4.78, 5) is 0. The molecule has 0 aliphatic rings. The molecule has 0 aromatic heterocycles. The summed E-state index contributed by atoms with van der Waals surface area (Å²) in [5.74, 6) is 0.824. The molecule has 0 saturated heterocycles. The predicted octanol–water partition coefficient (Wildman–Crippen LogP) is 5.26. The molecule has 0 nitrogen and oxygen atoms in total. The molecule has 0 radical (unpaired) electrons. The van der Waals surface area contributed by atoms with Crippen LogP contribution in [0.5, 0.6) is 0 Å². The van der Waals surface area contributed by atoms with E-state index in [1.807, 2.05) is 0 Å². The Hall–Kier alpha value is -1.56. The second-order valence-corrected chi connectivity index (χ2v) is 5.48. The van der Waals surface area contributed by atoms with Crippen LogP contribution in [0.3, 0.4) is 0 Å². The van der Waals surface area contributed by atoms with Crippen LogP contribution in [0.4, 0.5) is 0 Å². The zero-order valence-corrected chi connectivity index (χ0v) is 12.1. The van der Waals surface area contributed by atoms with E-state index in [4.69, 9.17) is 0 Å². The van der Waals surface area contributed by atoms with Crippen LogP contribution in [0.25, 0.3) is 0 Å². The summed E-state index contributed by atoms with van der Waals surface area (Å²) < 4.78 is 0. The highest BCUT2D eigenvalue weighted by Gasteiger charge is 2.05. The quantitative estimate of drug-likeness (QED) is 0.658. The van der Waals surface area contributed by atoms with Crippen molar-refractivity contribution in [1.82, 2.24) is 0 Å². The third kappa shape index (κ3) is 4.24. The molecule has 0 N–H and O–H groups in total. The minimum Gasteiger partial charge on any atom is -0.0651 e. The largest absolute Gasteiger partial charge is 0.0651 e. The van der Waals surface area contributed by atoms with Gasteiger partial charge in [-0.05, 0) is 41.9 Å². The van der Waals surface area contributed by atoms with Gasteiger partial charge in [-0.1, -0.05) is 74.9 Å². The molecule has 0 aliphatic carbocycles. The minimum atomic E-state index is 0.824. The van der Waals surface area contributed by atoms with Gasteiger partial charge in [-0.15, -0.1) is 0 Å². The fourth-order valence-corrected chi connectivity index (χ4v) is 2.40. The number of hydrogen-bond acceptors (Lipinski definition) is 0. The van der Waals surface area contributed by atoms with Crippen LogP contribution in [0.1, 0.15) is 43.4 Å². The maximum Gasteiger partial charge on any atom is -0.00230 e. The first kappa shape index (κ1) is 13.9. The molecule has 0 amide bonds. The van der Waals surface area contributed by atoms with E-state index < -0.39 is 0 Å². The maximum atomic E-state index is 2.35. The topological polar surface area (TPSA) is 0 Å². The van der Waals surface area contributed by atoms with Crippen molar-refractivity contribution in [1.29, 1.82) is 0 Å². The third-order valence-corrected chi connectivity index (χ3v) is 3.96. The zero-order chi connectivity index (χ0) is 13.5. The van der Waals surface area contributed by atoms with Crippen molar-refractivity contribution < 1.29 is 0 Å². The molecule has 0 aliphatic heterocycles. The van der Waals surface area contributed by atoms with Gasteiger partial charge < -0.3 is 0 Å². The Balaban J connectivity index is 2.08. The molecule has 1 atom stereocenters. The first-order chi connectivity index (χ1) is 9.29. The van der Waals surface area contributed by atoms with E-state index in [0.717, 1.165) is 12.3 Å². The van der Waals surface area contributed by atoms with Gasteiger partial charge >= 0.3 is 0 Å². The van der Waals surface area contributed by atoms with Crippen molar-refractivity contribution in [2.24, 2.45) is 5.92 Å². The Labute approximate surface area is 117 Å². The molecular formula is C19H24. The minimum absolute atomic E-state index is 0.824. The highest BCUT2D eigenvalue weighted by molar-refractivity contribution is 5.32. The van der Waals surface area contributed by atoms with E-state index in [1.54, 1.807) is 0 Å². The molecule has 0 fully saturated rings. The molecule has 2 aromatic carbocycles. The summed E-state index contributed by atoms with van der Waals surface area (Å²) in [7, 11) is 0. The second-order valence-electron chi connectivity index (χ2n) is 5.48. The lowest BCUT2D eigenvalue weighted by Crippen LogP contribution is -2.00. The van der Waals surface area contributed by atoms with Gasteiger partial charge in [-0.3, -0.25) is 0 Å². The first-order valence-electron chi connectivity index (χ1n) is 7.40. The van der Waals surface area contributed by atoms with Gasteiger partial charge in [0.1, 0.15) is 0 Å². The van der Waals surface area contributed by atoms with Crippen molar-refractivity contribution >= 4 is 0 Å². The van der Waals surface area contributed by atoms with Gasteiger partial charge in [-0.2, -0.15) is 0 Å². The molecule has 0 saturated carbocycles. The van der Waals surface area contributed by atoms with Gasteiger partial charge in [-0.25, -0.2) is 0 Å². The standard InChI is InChI=1S/C19H24/c1-3-16(2)13-14-18-11-7-8-12-19(18)15-17-9-5-4-6-10-17/h4-12,16H,3,13-15H2,1-2H3. The molecule has 100 valence electrons. The van der Waals surface area contributed by atoms with Gasteiger partial charge in [0.25, 0.3) is 0 Å². The van der Waals surface area contributed by atoms with E-state index in [1.165, 1.54) is 36.0 Å². The first-order valence-corrected chi connectivity index (χ1v) is 7.40. The highest BCUT2D eigenvalue weighted by Crippen LogP contribution is 2.18. The SMILES string of the molecule is CCC(C)CCc1ccccc1Cc1ccccc1. The average Bonchev–Trinajstić information content (AvgIpc) is 2.47. The summed E-state index contributed by atoms with van der Waals surface area (Å²) in [5, 5.41) is 0. The molecule has 2 aromatic rings. The van der Waals surface area contributed by atoms with Gasteiger partial charge in [0.05, 0.1) is 0 Å². The summed E-state index contributed by atoms with van der Waals surface area (Å²) in [6.45, 7) is 4.63. The Morgan fingerprint density at radius 2 is 1.47 bits per heavy atom. The maximum absolute atomic E-state index is 2.35. The van der Waals surface area contributed by atoms with Crippen molar-refractivity contribution in [3.63, 3.8) is 0 Å². The van der Waals surface area contributed by atoms with Crippen molar-refractivity contribution in [3.8, 4) is 0 Å². The van der Waals surface area contributed by atoms with Gasteiger partial charge in [0.15, 0.2) is 0 Å². The van der Waals surface area contributed by atoms with Crippen LogP contribution in [-0.4, -0.2) is 0 Å². The van der Waals surface area contributed by atoms with E-state index >= 15 is 0 Å². The Morgan fingerprint density at radius 1 is 0.842 bits per heavy atom. The number of rotatable bonds is 6. The van der Waals surface area contributed by atoms with Crippen LogP contribution in [0, 0.1) is 5.92 Å². The van der Waals surface area contributed by atoms with Gasteiger partial charge in [0, 0.05) is 0 Å². The molecule has 0 spiro atoms. The van der Waals surface area contributed by atoms with Crippen LogP contribution in [0.2, 0.25) is 0 Å². The lowest BCUT2D eigenvalue weighted by molar-refractivity contribution is 0.516. The van der Waals surface area contributed by atoms with Gasteiger partial charge in [0.2, 0.25) is 0 Å². The predicted molar refractivity (Wildman–Crippen MR) is 83.5 cm³/mol. The average molecular weight is 252 g/mol. The third-order valence-electron chi connectivity index (χ3n) is 3.96. The molecule has 0 heteroatoms. The van der Waals surface area contributed by atoms with Crippen molar-refractivity contribution in [2.45, 2.75) is 39.5 Å². The van der Waals surface area contributed by atoms with Crippen LogP contribution < -0.4 is 0 Å². The molecule has 0 bridgehead atoms. The lowest BCUT2D eigenvalue weighted by atomic mass is 9.93. The van der Waals surface area contributed by atoms with Crippen LogP contribution in [-0.2, 0) is 12.8 Å². The summed E-state index contributed by atoms with van der Waals surface area (Å²) in [5.41, 5.74) is 4.40. The Kier molecular flexibility index (Phi) is 5.20. The molecule has 19 heavy (non-hydrogen) atoms. The summed E-state index contributed by atoms with van der Waals surface area (Å²) in [6, 6.07) is 19.6. The number of benzene rings is 2. The molecular weight excluding hydrogens is 228 g/mol. The van der Waals surface area contributed by atoms with E-state index in [0.29, 0.717) is 0 Å². The molecule has 2 rings (SSSR count). The highest BCUT2D eigenvalue weighted by atomic mass is 14.1. The smallest absolute Gasteiger partial charge is 0.00230 e. The van der Waals surface area contributed by atoms with Crippen LogP contribution >= 0.6 is 0 Å². The van der Waals surface area contributed by atoms with Crippen molar-refractivity contribution in [3.05, 3.63) is 71.3 Å². The monoisotopic (exact) mass is 252 g/mol. The van der Waals surface area contributed by atoms with E-state index in [9.17, 15) is 0 Å². The summed E-state index contributed by atoms with van der Waals surface area (Å²) in [6.07, 6.45) is 4.83. The normalized spacial score (nSPS) is 12.3. The molecule has 1 unspecified atom stereocenters. The second kappa shape index (κ2) is 7.13. The van der Waals surface area contributed by atoms with E-state index in [2.05, 4.69) is 68.4 Å². The Bertz CT molecular complexity index is 484. The van der Waals surface area contributed by atoms with Crippen molar-refractivity contribution in [2.75, 3.05) is 0 Å². The molecule has 0 heterocycles. The van der Waals surface area contributed by atoms with Crippen LogP contribution in [0.15, 0.2) is 54.6 Å². The fraction of sp³-hybridized carbons (Fsp3) is 0.368. The Morgan fingerprint density at radius 3 is 2.16 bits per heavy atom.